The van der Waals surface area contributed by atoms with Crippen molar-refractivity contribution in [1.82, 2.24) is 15.5 Å². The molecule has 1 aromatic rings. The summed E-state index contributed by atoms with van der Waals surface area (Å²) in [5.41, 5.74) is 3.94. The molecule has 0 unspecified atom stereocenters. The molecule has 27 heavy (non-hydrogen) atoms. The molecule has 2 aliphatic heterocycles. The van der Waals surface area contributed by atoms with Gasteiger partial charge in [-0.3, -0.25) is 14.5 Å². The number of aryl methyl sites for hydroxylation is 1. The van der Waals surface area contributed by atoms with Gasteiger partial charge in [0.1, 0.15) is 0 Å². The fourth-order valence-corrected chi connectivity index (χ4v) is 4.21. The van der Waals surface area contributed by atoms with E-state index in [9.17, 15) is 9.59 Å². The van der Waals surface area contributed by atoms with Crippen LogP contribution in [0.15, 0.2) is 18.2 Å². The van der Waals surface area contributed by atoms with Crippen molar-refractivity contribution in [3.05, 3.63) is 29.3 Å². The SMILES string of the molecule is CCNC(=O)C(=O)NC[C@@H](c1ccc2c(c1)CCCN2C)N1CCCCC1. The smallest absolute Gasteiger partial charge is 0.309 e. The first-order chi connectivity index (χ1) is 13.1. The number of carbonyl (C=O) groups is 2. The Bertz CT molecular complexity index is 670. The maximum Gasteiger partial charge on any atom is 0.309 e. The Hall–Kier alpha value is -2.08. The molecule has 0 aliphatic carbocycles. The fraction of sp³-hybridized carbons (Fsp3) is 0.619. The Morgan fingerprint density at radius 3 is 2.52 bits per heavy atom. The third-order valence-corrected chi connectivity index (χ3v) is 5.67. The van der Waals surface area contributed by atoms with Crippen LogP contribution in [0.4, 0.5) is 5.69 Å². The zero-order chi connectivity index (χ0) is 19.2. The Morgan fingerprint density at radius 2 is 1.78 bits per heavy atom. The molecule has 1 atom stereocenters. The molecule has 1 saturated heterocycles. The molecule has 2 N–H and O–H groups in total. The standard InChI is InChI=1S/C21H32N4O2/c1-3-22-20(26)21(27)23-15-19(25-12-5-4-6-13-25)17-9-10-18-16(14-17)8-7-11-24(18)2/h9-10,14,19H,3-8,11-13,15H2,1-2H3,(H,22,26)(H,23,27)/t19-/m0/s1. The number of piperidine rings is 1. The lowest BCUT2D eigenvalue weighted by atomic mass is 9.95. The van der Waals surface area contributed by atoms with E-state index in [4.69, 9.17) is 0 Å². The van der Waals surface area contributed by atoms with Gasteiger partial charge in [-0.2, -0.15) is 0 Å². The first-order valence-electron chi connectivity index (χ1n) is 10.2. The lowest BCUT2D eigenvalue weighted by Crippen LogP contribution is -2.45. The second-order valence-corrected chi connectivity index (χ2v) is 7.60. The predicted octanol–water partition coefficient (Wildman–Crippen LogP) is 1.85. The van der Waals surface area contributed by atoms with E-state index in [2.05, 4.69) is 45.7 Å². The van der Waals surface area contributed by atoms with E-state index in [0.29, 0.717) is 13.1 Å². The molecule has 2 amide bonds. The van der Waals surface area contributed by atoms with Crippen LogP contribution in [-0.4, -0.2) is 56.5 Å². The van der Waals surface area contributed by atoms with Crippen molar-refractivity contribution < 1.29 is 9.59 Å². The van der Waals surface area contributed by atoms with Gasteiger partial charge >= 0.3 is 11.8 Å². The van der Waals surface area contributed by atoms with Gasteiger partial charge in [0.25, 0.3) is 0 Å². The number of carbonyl (C=O) groups excluding carboxylic acids is 2. The third kappa shape index (κ3) is 4.80. The number of benzene rings is 1. The highest BCUT2D eigenvalue weighted by atomic mass is 16.2. The molecule has 0 saturated carbocycles. The van der Waals surface area contributed by atoms with Gasteiger partial charge in [0.2, 0.25) is 0 Å². The zero-order valence-electron chi connectivity index (χ0n) is 16.6. The number of amides is 2. The topological polar surface area (TPSA) is 64.7 Å². The van der Waals surface area contributed by atoms with Gasteiger partial charge in [-0.1, -0.05) is 18.6 Å². The van der Waals surface area contributed by atoms with Crippen LogP contribution >= 0.6 is 0 Å². The summed E-state index contributed by atoms with van der Waals surface area (Å²) in [5, 5.41) is 5.41. The van der Waals surface area contributed by atoms with Crippen LogP contribution in [0.25, 0.3) is 0 Å². The number of fused-ring (bicyclic) bond motifs is 1. The van der Waals surface area contributed by atoms with Gasteiger partial charge in [0.05, 0.1) is 6.04 Å². The van der Waals surface area contributed by atoms with Gasteiger partial charge in [-0.15, -0.1) is 0 Å². The second-order valence-electron chi connectivity index (χ2n) is 7.60. The summed E-state index contributed by atoms with van der Waals surface area (Å²) in [6.45, 7) is 5.92. The van der Waals surface area contributed by atoms with E-state index in [-0.39, 0.29) is 6.04 Å². The van der Waals surface area contributed by atoms with Crippen LogP contribution in [-0.2, 0) is 16.0 Å². The summed E-state index contributed by atoms with van der Waals surface area (Å²) in [6.07, 6.45) is 5.92. The van der Waals surface area contributed by atoms with E-state index in [1.165, 1.54) is 42.5 Å². The maximum atomic E-state index is 12.1. The molecule has 2 heterocycles. The number of rotatable bonds is 5. The van der Waals surface area contributed by atoms with Crippen molar-refractivity contribution >= 4 is 17.5 Å². The van der Waals surface area contributed by atoms with E-state index >= 15 is 0 Å². The minimum atomic E-state index is -0.554. The Labute approximate surface area is 162 Å². The summed E-state index contributed by atoms with van der Waals surface area (Å²) in [7, 11) is 2.15. The van der Waals surface area contributed by atoms with Gasteiger partial charge in [-0.05, 0) is 62.9 Å². The lowest BCUT2D eigenvalue weighted by Gasteiger charge is -2.36. The van der Waals surface area contributed by atoms with Gasteiger partial charge < -0.3 is 15.5 Å². The normalized spacial score (nSPS) is 18.5. The first-order valence-corrected chi connectivity index (χ1v) is 10.2. The third-order valence-electron chi connectivity index (χ3n) is 5.67. The number of likely N-dealkylation sites (tertiary alicyclic amines) is 1. The van der Waals surface area contributed by atoms with Crippen molar-refractivity contribution in [3.63, 3.8) is 0 Å². The van der Waals surface area contributed by atoms with Gasteiger partial charge in [0, 0.05) is 32.4 Å². The summed E-state index contributed by atoms with van der Waals surface area (Å²) in [6, 6.07) is 6.83. The molecule has 0 radical (unpaired) electrons. The number of nitrogens with zero attached hydrogens (tertiary/aromatic N) is 2. The number of nitrogens with one attached hydrogen (secondary N) is 2. The van der Waals surface area contributed by atoms with Crippen molar-refractivity contribution in [3.8, 4) is 0 Å². The molecule has 1 aromatic carbocycles. The van der Waals surface area contributed by atoms with E-state index < -0.39 is 11.8 Å². The maximum absolute atomic E-state index is 12.1. The van der Waals surface area contributed by atoms with Crippen LogP contribution < -0.4 is 15.5 Å². The van der Waals surface area contributed by atoms with Gasteiger partial charge in [-0.25, -0.2) is 0 Å². The van der Waals surface area contributed by atoms with E-state index in [1.807, 2.05) is 6.92 Å². The molecule has 0 spiro atoms. The molecule has 2 aliphatic rings. The monoisotopic (exact) mass is 372 g/mol. The molecule has 1 fully saturated rings. The minimum absolute atomic E-state index is 0.112. The van der Waals surface area contributed by atoms with Crippen LogP contribution in [0.5, 0.6) is 0 Å². The minimum Gasteiger partial charge on any atom is -0.374 e. The van der Waals surface area contributed by atoms with E-state index in [1.54, 1.807) is 0 Å². The first kappa shape index (κ1) is 19.7. The zero-order valence-corrected chi connectivity index (χ0v) is 16.6. The second kappa shape index (κ2) is 9.22. The van der Waals surface area contributed by atoms with Crippen molar-refractivity contribution in [2.45, 2.75) is 45.1 Å². The molecule has 6 heteroatoms. The Balaban J connectivity index is 1.77. The summed E-state index contributed by atoms with van der Waals surface area (Å²) < 4.78 is 0. The largest absolute Gasteiger partial charge is 0.374 e. The van der Waals surface area contributed by atoms with Crippen LogP contribution in [0.1, 0.15) is 49.8 Å². The highest BCUT2D eigenvalue weighted by Gasteiger charge is 2.25. The highest BCUT2D eigenvalue weighted by molar-refractivity contribution is 6.35. The number of anilines is 1. The average Bonchev–Trinajstić information content (AvgIpc) is 2.69. The van der Waals surface area contributed by atoms with Gasteiger partial charge in [0.15, 0.2) is 0 Å². The molecular weight excluding hydrogens is 340 g/mol. The summed E-state index contributed by atoms with van der Waals surface area (Å²) >= 11 is 0. The molecule has 148 valence electrons. The highest BCUT2D eigenvalue weighted by Crippen LogP contribution is 2.31. The number of likely N-dealkylation sites (N-methyl/N-ethyl adjacent to an activating group) is 1. The number of hydrogen-bond acceptors (Lipinski definition) is 4. The predicted molar refractivity (Wildman–Crippen MR) is 108 cm³/mol. The van der Waals surface area contributed by atoms with Crippen molar-refractivity contribution in [1.29, 1.82) is 0 Å². The van der Waals surface area contributed by atoms with Crippen LogP contribution in [0.2, 0.25) is 0 Å². The number of hydrogen-bond donors (Lipinski definition) is 2. The Kier molecular flexibility index (Phi) is 6.72. The lowest BCUT2D eigenvalue weighted by molar-refractivity contribution is -0.139. The molecule has 6 nitrogen and oxygen atoms in total. The summed E-state index contributed by atoms with van der Waals surface area (Å²) in [5.74, 6) is -1.10. The molecule has 0 aromatic heterocycles. The average molecular weight is 373 g/mol. The van der Waals surface area contributed by atoms with Crippen molar-refractivity contribution in [2.24, 2.45) is 0 Å². The fourth-order valence-electron chi connectivity index (χ4n) is 4.21. The van der Waals surface area contributed by atoms with Crippen molar-refractivity contribution in [2.75, 3.05) is 44.7 Å². The molecule has 3 rings (SSSR count). The quantitative estimate of drug-likeness (QED) is 0.775. The summed E-state index contributed by atoms with van der Waals surface area (Å²) in [4.78, 5) is 28.6. The molecular formula is C21H32N4O2. The van der Waals surface area contributed by atoms with Crippen LogP contribution in [0, 0.1) is 0 Å². The van der Waals surface area contributed by atoms with E-state index in [0.717, 1.165) is 26.1 Å². The van der Waals surface area contributed by atoms with Crippen LogP contribution in [0.3, 0.4) is 0 Å². The Morgan fingerprint density at radius 1 is 1.04 bits per heavy atom. The molecule has 0 bridgehead atoms.